The van der Waals surface area contributed by atoms with E-state index in [4.69, 9.17) is 19.6 Å². The van der Waals surface area contributed by atoms with Crippen molar-refractivity contribution in [3.63, 3.8) is 0 Å². The van der Waals surface area contributed by atoms with Crippen molar-refractivity contribution in [1.82, 2.24) is 0 Å². The number of hydrogen-bond acceptors (Lipinski definition) is 5. The fourth-order valence-corrected chi connectivity index (χ4v) is 2.57. The van der Waals surface area contributed by atoms with Gasteiger partial charge in [0.25, 0.3) is 0 Å². The summed E-state index contributed by atoms with van der Waals surface area (Å²) >= 11 is 3.50. The van der Waals surface area contributed by atoms with Gasteiger partial charge in [-0.1, -0.05) is 23.4 Å². The van der Waals surface area contributed by atoms with Gasteiger partial charge in [0.1, 0.15) is 6.61 Å². The first-order valence-corrected chi connectivity index (χ1v) is 8.71. The predicted molar refractivity (Wildman–Crippen MR) is 100 cm³/mol. The molecule has 5 nitrogen and oxygen atoms in total. The SMILES string of the molecule is CCOc1cc(Br)c(/C=N\OCc2ccccc2C#N)cc1OCC. The summed E-state index contributed by atoms with van der Waals surface area (Å²) in [6.07, 6.45) is 1.59. The minimum Gasteiger partial charge on any atom is -0.490 e. The fourth-order valence-electron chi connectivity index (χ4n) is 2.14. The third-order valence-corrected chi connectivity index (χ3v) is 3.97. The van der Waals surface area contributed by atoms with E-state index in [1.165, 1.54) is 0 Å². The Labute approximate surface area is 155 Å². The van der Waals surface area contributed by atoms with Crippen molar-refractivity contribution >= 4 is 22.1 Å². The fraction of sp³-hybridized carbons (Fsp3) is 0.263. The van der Waals surface area contributed by atoms with E-state index in [0.717, 1.165) is 15.6 Å². The molecule has 0 spiro atoms. The van der Waals surface area contributed by atoms with Crippen LogP contribution < -0.4 is 9.47 Å². The van der Waals surface area contributed by atoms with Gasteiger partial charge in [0.2, 0.25) is 0 Å². The molecule has 130 valence electrons. The number of nitriles is 1. The highest BCUT2D eigenvalue weighted by Gasteiger charge is 2.09. The van der Waals surface area contributed by atoms with Crippen LogP contribution in [0.4, 0.5) is 0 Å². The lowest BCUT2D eigenvalue weighted by Crippen LogP contribution is -2.00. The molecule has 0 unspecified atom stereocenters. The zero-order valence-corrected chi connectivity index (χ0v) is 15.7. The van der Waals surface area contributed by atoms with Gasteiger partial charge in [-0.05, 0) is 48.0 Å². The van der Waals surface area contributed by atoms with E-state index in [-0.39, 0.29) is 6.61 Å². The molecular formula is C19H19BrN2O3. The van der Waals surface area contributed by atoms with E-state index in [2.05, 4.69) is 27.2 Å². The Balaban J connectivity index is 2.10. The Morgan fingerprint density at radius 1 is 1.12 bits per heavy atom. The molecule has 2 aromatic carbocycles. The zero-order valence-electron chi connectivity index (χ0n) is 14.2. The molecule has 0 aromatic heterocycles. The lowest BCUT2D eigenvalue weighted by molar-refractivity contribution is 0.132. The summed E-state index contributed by atoms with van der Waals surface area (Å²) < 4.78 is 12.0. The zero-order chi connectivity index (χ0) is 18.1. The largest absolute Gasteiger partial charge is 0.490 e. The van der Waals surface area contributed by atoms with Crippen LogP contribution in [0.25, 0.3) is 0 Å². The van der Waals surface area contributed by atoms with Crippen molar-refractivity contribution in [2.45, 2.75) is 20.5 Å². The molecule has 0 bridgehead atoms. The second-order valence-electron chi connectivity index (χ2n) is 4.96. The van der Waals surface area contributed by atoms with Gasteiger partial charge in [0.05, 0.1) is 31.1 Å². The average molecular weight is 403 g/mol. The molecule has 6 heteroatoms. The smallest absolute Gasteiger partial charge is 0.162 e. The number of nitrogens with zero attached hydrogens (tertiary/aromatic N) is 2. The van der Waals surface area contributed by atoms with E-state index >= 15 is 0 Å². The minimum absolute atomic E-state index is 0.229. The molecule has 0 aliphatic carbocycles. The number of oxime groups is 1. The second kappa shape index (κ2) is 9.70. The number of rotatable bonds is 8. The molecule has 2 rings (SSSR count). The molecule has 0 heterocycles. The van der Waals surface area contributed by atoms with Gasteiger partial charge in [0.15, 0.2) is 11.5 Å². The lowest BCUT2D eigenvalue weighted by Gasteiger charge is -2.12. The summed E-state index contributed by atoms with van der Waals surface area (Å²) in [7, 11) is 0. The number of halogens is 1. The van der Waals surface area contributed by atoms with E-state index in [1.807, 2.05) is 44.2 Å². The summed E-state index contributed by atoms with van der Waals surface area (Å²) in [5, 5.41) is 13.1. The van der Waals surface area contributed by atoms with E-state index in [9.17, 15) is 0 Å². The highest BCUT2D eigenvalue weighted by molar-refractivity contribution is 9.10. The Morgan fingerprint density at radius 2 is 1.80 bits per heavy atom. The molecular weight excluding hydrogens is 384 g/mol. The van der Waals surface area contributed by atoms with Crippen LogP contribution in [0, 0.1) is 11.3 Å². The maximum Gasteiger partial charge on any atom is 0.162 e. The molecule has 0 saturated carbocycles. The summed E-state index contributed by atoms with van der Waals surface area (Å²) in [6.45, 7) is 5.17. The van der Waals surface area contributed by atoms with Crippen molar-refractivity contribution in [2.24, 2.45) is 5.16 Å². The Morgan fingerprint density at radius 3 is 2.48 bits per heavy atom. The summed E-state index contributed by atoms with van der Waals surface area (Å²) in [6, 6.07) is 13.1. The Bertz CT molecular complexity index is 785. The average Bonchev–Trinajstić information content (AvgIpc) is 2.62. The van der Waals surface area contributed by atoms with E-state index < -0.39 is 0 Å². The highest BCUT2D eigenvalue weighted by Crippen LogP contribution is 2.33. The Hall–Kier alpha value is -2.52. The van der Waals surface area contributed by atoms with Gasteiger partial charge < -0.3 is 14.3 Å². The quantitative estimate of drug-likeness (QED) is 0.475. The van der Waals surface area contributed by atoms with Crippen LogP contribution in [0.1, 0.15) is 30.5 Å². The van der Waals surface area contributed by atoms with Crippen molar-refractivity contribution in [3.8, 4) is 17.6 Å². The van der Waals surface area contributed by atoms with Gasteiger partial charge >= 0.3 is 0 Å². The highest BCUT2D eigenvalue weighted by atomic mass is 79.9. The second-order valence-corrected chi connectivity index (χ2v) is 5.82. The topological polar surface area (TPSA) is 63.8 Å². The molecule has 0 saturated heterocycles. The van der Waals surface area contributed by atoms with Crippen LogP contribution in [0.3, 0.4) is 0 Å². The molecule has 0 amide bonds. The molecule has 0 aliphatic rings. The summed E-state index contributed by atoms with van der Waals surface area (Å²) in [5.41, 5.74) is 2.18. The maximum atomic E-state index is 9.06. The van der Waals surface area contributed by atoms with Crippen molar-refractivity contribution in [2.75, 3.05) is 13.2 Å². The minimum atomic E-state index is 0.229. The van der Waals surface area contributed by atoms with Gasteiger partial charge in [-0.25, -0.2) is 0 Å². The first-order valence-electron chi connectivity index (χ1n) is 7.92. The van der Waals surface area contributed by atoms with Crippen LogP contribution in [0.5, 0.6) is 11.5 Å². The number of hydrogen-bond donors (Lipinski definition) is 0. The normalized spacial score (nSPS) is 10.5. The molecule has 0 atom stereocenters. The predicted octanol–water partition coefficient (Wildman–Crippen LogP) is 4.67. The van der Waals surface area contributed by atoms with E-state index in [1.54, 1.807) is 12.3 Å². The monoisotopic (exact) mass is 402 g/mol. The standard InChI is InChI=1S/C19H19BrN2O3/c1-3-23-18-9-16(17(20)10-19(18)24-4-2)12-22-25-13-15-8-6-5-7-14(15)11-21/h5-10,12H,3-4,13H2,1-2H3/b22-12-. The molecule has 0 fully saturated rings. The van der Waals surface area contributed by atoms with E-state index in [0.29, 0.717) is 30.3 Å². The van der Waals surface area contributed by atoms with Crippen molar-refractivity contribution in [3.05, 3.63) is 57.6 Å². The van der Waals surface area contributed by atoms with Crippen LogP contribution in [-0.2, 0) is 11.4 Å². The Kier molecular flexibility index (Phi) is 7.30. The van der Waals surface area contributed by atoms with Crippen LogP contribution >= 0.6 is 15.9 Å². The third kappa shape index (κ3) is 5.23. The van der Waals surface area contributed by atoms with Gasteiger partial charge in [-0.15, -0.1) is 0 Å². The summed E-state index contributed by atoms with van der Waals surface area (Å²) in [5.74, 6) is 1.33. The first kappa shape index (κ1) is 18.8. The lowest BCUT2D eigenvalue weighted by atomic mass is 10.1. The van der Waals surface area contributed by atoms with Crippen molar-refractivity contribution < 1.29 is 14.3 Å². The summed E-state index contributed by atoms with van der Waals surface area (Å²) in [4.78, 5) is 5.32. The number of ether oxygens (including phenoxy) is 2. The molecule has 0 N–H and O–H groups in total. The maximum absolute atomic E-state index is 9.06. The third-order valence-electron chi connectivity index (χ3n) is 3.29. The molecule has 2 aromatic rings. The van der Waals surface area contributed by atoms with Gasteiger partial charge in [0, 0.05) is 15.6 Å². The van der Waals surface area contributed by atoms with Crippen LogP contribution in [0.15, 0.2) is 46.0 Å². The number of benzene rings is 2. The first-order chi connectivity index (χ1) is 12.2. The van der Waals surface area contributed by atoms with Crippen molar-refractivity contribution in [1.29, 1.82) is 5.26 Å². The van der Waals surface area contributed by atoms with Crippen LogP contribution in [0.2, 0.25) is 0 Å². The molecule has 0 radical (unpaired) electrons. The van der Waals surface area contributed by atoms with Gasteiger partial charge in [-0.3, -0.25) is 0 Å². The van der Waals surface area contributed by atoms with Gasteiger partial charge in [-0.2, -0.15) is 5.26 Å². The molecule has 0 aliphatic heterocycles. The molecule has 25 heavy (non-hydrogen) atoms. The van der Waals surface area contributed by atoms with Crippen LogP contribution in [-0.4, -0.2) is 19.4 Å².